The lowest BCUT2D eigenvalue weighted by molar-refractivity contribution is 0.439. The van der Waals surface area contributed by atoms with Crippen LogP contribution in [0.5, 0.6) is 0 Å². The van der Waals surface area contributed by atoms with Crippen LogP contribution in [-0.4, -0.2) is 22.1 Å². The molecule has 0 saturated heterocycles. The number of hydrogen-bond donors (Lipinski definition) is 2. The lowest BCUT2D eigenvalue weighted by atomic mass is 9.85. The molecular formula is C60H42N4. The van der Waals surface area contributed by atoms with Gasteiger partial charge in [-0.15, -0.1) is 0 Å². The molecule has 4 nitrogen and oxygen atoms in total. The number of benzene rings is 9. The van der Waals surface area contributed by atoms with Crippen LogP contribution in [0, 0.1) is 0 Å². The average molecular weight is 819 g/mol. The molecule has 13 rings (SSSR count). The smallest absolute Gasteiger partial charge is 0.130 e. The van der Waals surface area contributed by atoms with Crippen molar-refractivity contribution in [1.82, 2.24) is 20.4 Å². The molecule has 9 aromatic rings. The Bertz CT molecular complexity index is 3280. The van der Waals surface area contributed by atoms with Gasteiger partial charge in [0.2, 0.25) is 0 Å². The van der Waals surface area contributed by atoms with E-state index in [-0.39, 0.29) is 12.3 Å². The second-order valence-corrected chi connectivity index (χ2v) is 17.1. The SMILES string of the molecule is C1=CN2C=C(c3ccc4cc(-c5c6ccccc6c(-c6ccc7cc(C8=CN9C=CC=C(c%10ccccc%10)C9N8)ccc7c6)c6ccccc56)ccc4c3)NC2C(c2ccccc2)=C1. The summed E-state index contributed by atoms with van der Waals surface area (Å²) < 4.78 is 0. The highest BCUT2D eigenvalue weighted by Crippen LogP contribution is 2.45. The molecular weight excluding hydrogens is 777 g/mol. The summed E-state index contributed by atoms with van der Waals surface area (Å²) >= 11 is 0. The van der Waals surface area contributed by atoms with E-state index < -0.39 is 0 Å². The Balaban J connectivity index is 0.832. The van der Waals surface area contributed by atoms with Gasteiger partial charge in [0.15, 0.2) is 0 Å². The Morgan fingerprint density at radius 2 is 0.672 bits per heavy atom. The van der Waals surface area contributed by atoms with Crippen molar-refractivity contribution in [3.05, 3.63) is 253 Å². The van der Waals surface area contributed by atoms with Crippen molar-refractivity contribution >= 4 is 65.6 Å². The average Bonchev–Trinajstić information content (AvgIpc) is 4.01. The minimum Gasteiger partial charge on any atom is -0.359 e. The Morgan fingerprint density at radius 1 is 0.328 bits per heavy atom. The molecule has 2 N–H and O–H groups in total. The van der Waals surface area contributed by atoms with Crippen LogP contribution in [0.2, 0.25) is 0 Å². The summed E-state index contributed by atoms with van der Waals surface area (Å²) in [5.74, 6) is 0. The van der Waals surface area contributed by atoms with Gasteiger partial charge < -0.3 is 20.4 Å². The lowest BCUT2D eigenvalue weighted by Gasteiger charge is -2.28. The third-order valence-electron chi connectivity index (χ3n) is 13.4. The molecule has 0 fully saturated rings. The van der Waals surface area contributed by atoms with E-state index in [1.165, 1.54) is 98.7 Å². The summed E-state index contributed by atoms with van der Waals surface area (Å²) in [6, 6.07) is 66.8. The molecule has 9 aromatic carbocycles. The van der Waals surface area contributed by atoms with E-state index in [1.807, 2.05) is 0 Å². The van der Waals surface area contributed by atoms with E-state index in [4.69, 9.17) is 0 Å². The van der Waals surface area contributed by atoms with Crippen LogP contribution in [0.4, 0.5) is 0 Å². The molecule has 2 atom stereocenters. The second kappa shape index (κ2) is 14.6. The van der Waals surface area contributed by atoms with E-state index in [0.29, 0.717) is 0 Å². The Labute approximate surface area is 372 Å². The highest BCUT2D eigenvalue weighted by atomic mass is 15.3. The van der Waals surface area contributed by atoms with Gasteiger partial charge in [0, 0.05) is 35.9 Å². The summed E-state index contributed by atoms with van der Waals surface area (Å²) in [5.41, 5.74) is 14.6. The third kappa shape index (κ3) is 5.99. The van der Waals surface area contributed by atoms with Crippen molar-refractivity contribution in [2.75, 3.05) is 0 Å². The van der Waals surface area contributed by atoms with E-state index in [0.717, 1.165) is 11.4 Å². The molecule has 2 unspecified atom stereocenters. The van der Waals surface area contributed by atoms with Crippen LogP contribution in [0.3, 0.4) is 0 Å². The third-order valence-corrected chi connectivity index (χ3v) is 13.4. The monoisotopic (exact) mass is 818 g/mol. The fraction of sp³-hybridized carbons (Fsp3) is 0.0333. The van der Waals surface area contributed by atoms with Gasteiger partial charge in [-0.1, -0.05) is 170 Å². The maximum Gasteiger partial charge on any atom is 0.130 e. The molecule has 0 bridgehead atoms. The predicted molar refractivity (Wildman–Crippen MR) is 268 cm³/mol. The fourth-order valence-electron chi connectivity index (χ4n) is 10.3. The number of hydrogen-bond acceptors (Lipinski definition) is 4. The van der Waals surface area contributed by atoms with Crippen molar-refractivity contribution in [2.45, 2.75) is 12.3 Å². The number of allylic oxidation sites excluding steroid dienone is 4. The molecule has 0 aromatic heterocycles. The maximum atomic E-state index is 3.81. The summed E-state index contributed by atoms with van der Waals surface area (Å²) in [4.78, 5) is 4.54. The van der Waals surface area contributed by atoms with Crippen molar-refractivity contribution in [3.8, 4) is 22.3 Å². The predicted octanol–water partition coefficient (Wildman–Crippen LogP) is 13.9. The number of rotatable bonds is 6. The van der Waals surface area contributed by atoms with Crippen molar-refractivity contribution in [2.24, 2.45) is 0 Å². The molecule has 64 heavy (non-hydrogen) atoms. The number of fused-ring (bicyclic) bond motifs is 6. The summed E-state index contributed by atoms with van der Waals surface area (Å²) in [6.45, 7) is 0. The molecule has 4 aliphatic heterocycles. The van der Waals surface area contributed by atoms with Gasteiger partial charge in [0.1, 0.15) is 12.3 Å². The fourth-order valence-corrected chi connectivity index (χ4v) is 10.3. The molecule has 302 valence electrons. The van der Waals surface area contributed by atoms with Crippen LogP contribution in [0.25, 0.3) is 87.9 Å². The summed E-state index contributed by atoms with van der Waals surface area (Å²) in [5, 5.41) is 17.5. The lowest BCUT2D eigenvalue weighted by Crippen LogP contribution is -2.35. The normalized spacial score (nSPS) is 17.5. The van der Waals surface area contributed by atoms with E-state index >= 15 is 0 Å². The molecule has 0 spiro atoms. The topological polar surface area (TPSA) is 30.5 Å². The standard InChI is InChI=1S/C60H42N4/c1-3-13-39(14-4-1)49-21-11-31-63-37-55(61-59(49)63)45-27-23-43-35-47(29-25-41(43)33-45)57-51-17-7-9-19-53(51)58(54-20-10-8-18-52(54)57)48-30-26-42-34-46(28-24-44(42)36-48)56-38-64-32-12-22-50(60(64)62-56)40-15-5-2-6-16-40/h1-38,59-62H. The van der Waals surface area contributed by atoms with Crippen LogP contribution in [0.1, 0.15) is 22.3 Å². The molecule has 4 heteroatoms. The maximum absolute atomic E-state index is 3.81. The zero-order valence-electron chi connectivity index (χ0n) is 35.0. The van der Waals surface area contributed by atoms with Gasteiger partial charge in [-0.05, 0) is 124 Å². The molecule has 0 aliphatic carbocycles. The Kier molecular flexibility index (Phi) is 8.31. The van der Waals surface area contributed by atoms with E-state index in [9.17, 15) is 0 Å². The quantitative estimate of drug-likeness (QED) is 0.164. The van der Waals surface area contributed by atoms with E-state index in [2.05, 4.69) is 252 Å². The minimum atomic E-state index is 0.0677. The van der Waals surface area contributed by atoms with E-state index in [1.54, 1.807) is 0 Å². The summed E-state index contributed by atoms with van der Waals surface area (Å²) in [7, 11) is 0. The van der Waals surface area contributed by atoms with Crippen LogP contribution in [0.15, 0.2) is 231 Å². The van der Waals surface area contributed by atoms with Gasteiger partial charge in [-0.3, -0.25) is 0 Å². The van der Waals surface area contributed by atoms with Gasteiger partial charge in [-0.25, -0.2) is 0 Å². The second-order valence-electron chi connectivity index (χ2n) is 17.1. The molecule has 4 aliphatic rings. The van der Waals surface area contributed by atoms with Gasteiger partial charge in [0.25, 0.3) is 0 Å². The molecule has 4 heterocycles. The van der Waals surface area contributed by atoms with Crippen LogP contribution in [-0.2, 0) is 0 Å². The van der Waals surface area contributed by atoms with Gasteiger partial charge in [-0.2, -0.15) is 0 Å². The van der Waals surface area contributed by atoms with Crippen molar-refractivity contribution < 1.29 is 0 Å². The zero-order valence-corrected chi connectivity index (χ0v) is 35.0. The van der Waals surface area contributed by atoms with Crippen molar-refractivity contribution in [3.63, 3.8) is 0 Å². The first kappa shape index (κ1) is 36.3. The summed E-state index contributed by atoms with van der Waals surface area (Å²) in [6.07, 6.45) is 17.6. The first-order valence-electron chi connectivity index (χ1n) is 22.1. The molecule has 0 saturated carbocycles. The zero-order chi connectivity index (χ0) is 42.1. The molecule has 0 amide bonds. The van der Waals surface area contributed by atoms with Gasteiger partial charge in [0.05, 0.1) is 11.4 Å². The van der Waals surface area contributed by atoms with Gasteiger partial charge >= 0.3 is 0 Å². The van der Waals surface area contributed by atoms with Crippen LogP contribution >= 0.6 is 0 Å². The first-order chi connectivity index (χ1) is 31.7. The highest BCUT2D eigenvalue weighted by molar-refractivity contribution is 6.22. The Hall–Kier alpha value is -8.34. The molecule has 0 radical (unpaired) electrons. The Morgan fingerprint density at radius 3 is 1.06 bits per heavy atom. The first-order valence-corrected chi connectivity index (χ1v) is 22.1. The largest absolute Gasteiger partial charge is 0.359 e. The highest BCUT2D eigenvalue weighted by Gasteiger charge is 2.30. The number of nitrogens with zero attached hydrogens (tertiary/aromatic N) is 2. The van der Waals surface area contributed by atoms with Crippen molar-refractivity contribution in [1.29, 1.82) is 0 Å². The minimum absolute atomic E-state index is 0.0677. The number of nitrogens with one attached hydrogen (secondary N) is 2. The van der Waals surface area contributed by atoms with Crippen LogP contribution < -0.4 is 10.6 Å².